The number of rotatable bonds is 3. The molecule has 0 saturated carbocycles. The number of amides is 1. The summed E-state index contributed by atoms with van der Waals surface area (Å²) in [6.45, 7) is 1.63. The summed E-state index contributed by atoms with van der Waals surface area (Å²) >= 11 is 0. The van der Waals surface area contributed by atoms with Crippen molar-refractivity contribution in [2.24, 2.45) is 5.73 Å². The predicted octanol–water partition coefficient (Wildman–Crippen LogP) is 0.942. The van der Waals surface area contributed by atoms with Crippen LogP contribution in [-0.4, -0.2) is 22.6 Å². The first-order chi connectivity index (χ1) is 8.20. The number of hydrogen-bond acceptors (Lipinski definition) is 5. The van der Waals surface area contributed by atoms with Crippen LogP contribution in [0.1, 0.15) is 5.89 Å². The van der Waals surface area contributed by atoms with Crippen molar-refractivity contribution in [3.63, 3.8) is 0 Å². The van der Waals surface area contributed by atoms with Crippen molar-refractivity contribution in [3.05, 3.63) is 30.2 Å². The maximum atomic E-state index is 11.3. The largest absolute Gasteiger partial charge is 0.421 e. The molecule has 1 aromatic carbocycles. The highest BCUT2D eigenvalue weighted by Gasteiger charge is 2.12. The molecule has 0 saturated heterocycles. The van der Waals surface area contributed by atoms with E-state index < -0.39 is 0 Å². The summed E-state index contributed by atoms with van der Waals surface area (Å²) in [5, 5.41) is 10.3. The highest BCUT2D eigenvalue weighted by atomic mass is 16.4. The molecule has 6 nitrogen and oxygen atoms in total. The van der Waals surface area contributed by atoms with E-state index in [1.807, 2.05) is 6.07 Å². The Bertz CT molecular complexity index is 536. The number of aromatic nitrogens is 2. The molecular weight excluding hydrogens is 220 g/mol. The number of nitrogens with zero attached hydrogens (tertiary/aromatic N) is 2. The number of carbonyl (C=O) groups excluding carboxylic acids is 1. The number of hydrogen-bond donors (Lipinski definition) is 2. The maximum Gasteiger partial charge on any atom is 0.249 e. The molecule has 2 aromatic rings. The van der Waals surface area contributed by atoms with E-state index in [4.69, 9.17) is 10.2 Å². The topological polar surface area (TPSA) is 94.0 Å². The van der Waals surface area contributed by atoms with Crippen molar-refractivity contribution in [2.75, 3.05) is 11.9 Å². The Morgan fingerprint density at radius 1 is 1.41 bits per heavy atom. The van der Waals surface area contributed by atoms with Gasteiger partial charge in [0.1, 0.15) is 0 Å². The second-order valence-corrected chi connectivity index (χ2v) is 3.42. The van der Waals surface area contributed by atoms with E-state index in [2.05, 4.69) is 15.5 Å². The lowest BCUT2D eigenvalue weighted by molar-refractivity contribution is -0.114. The van der Waals surface area contributed by atoms with Crippen LogP contribution in [0.3, 0.4) is 0 Å². The van der Waals surface area contributed by atoms with Gasteiger partial charge in [0, 0.05) is 6.92 Å². The van der Waals surface area contributed by atoms with Crippen LogP contribution in [0.15, 0.2) is 28.7 Å². The molecular formula is C11H12N4O2. The van der Waals surface area contributed by atoms with Gasteiger partial charge in [-0.3, -0.25) is 4.79 Å². The van der Waals surface area contributed by atoms with Gasteiger partial charge in [-0.25, -0.2) is 0 Å². The lowest BCUT2D eigenvalue weighted by atomic mass is 10.2. The van der Waals surface area contributed by atoms with E-state index in [1.54, 1.807) is 25.1 Å². The van der Waals surface area contributed by atoms with Crippen LogP contribution in [0.5, 0.6) is 0 Å². The number of aryl methyl sites for hydroxylation is 1. The minimum atomic E-state index is -0.270. The molecule has 0 aliphatic heterocycles. The van der Waals surface area contributed by atoms with Gasteiger partial charge >= 0.3 is 0 Å². The van der Waals surface area contributed by atoms with Gasteiger partial charge in [0.25, 0.3) is 0 Å². The van der Waals surface area contributed by atoms with Gasteiger partial charge in [0.05, 0.1) is 17.8 Å². The van der Waals surface area contributed by atoms with E-state index in [-0.39, 0.29) is 12.5 Å². The first-order valence-electron chi connectivity index (χ1n) is 5.10. The molecule has 1 aromatic heterocycles. The number of nitrogens with one attached hydrogen (secondary N) is 1. The number of nitrogens with two attached hydrogens (primary N) is 1. The maximum absolute atomic E-state index is 11.3. The fraction of sp³-hybridized carbons (Fsp3) is 0.182. The molecule has 0 aliphatic carbocycles. The summed E-state index contributed by atoms with van der Waals surface area (Å²) in [6.07, 6.45) is 0. The number of carbonyl (C=O) groups is 1. The SMILES string of the molecule is Cc1nnc(-c2ccccc2NC(=O)CN)o1. The van der Waals surface area contributed by atoms with Gasteiger partial charge in [-0.05, 0) is 12.1 Å². The van der Waals surface area contributed by atoms with Gasteiger partial charge in [0.15, 0.2) is 0 Å². The predicted molar refractivity (Wildman–Crippen MR) is 62.2 cm³/mol. The Morgan fingerprint density at radius 2 is 2.18 bits per heavy atom. The van der Waals surface area contributed by atoms with Crippen LogP contribution in [0.4, 0.5) is 5.69 Å². The quantitative estimate of drug-likeness (QED) is 0.821. The van der Waals surface area contributed by atoms with Crippen LogP contribution in [0.25, 0.3) is 11.5 Å². The fourth-order valence-electron chi connectivity index (χ4n) is 1.39. The third-order valence-corrected chi connectivity index (χ3v) is 2.14. The average molecular weight is 232 g/mol. The van der Waals surface area contributed by atoms with Crippen molar-refractivity contribution in [2.45, 2.75) is 6.92 Å². The van der Waals surface area contributed by atoms with E-state index in [1.165, 1.54) is 0 Å². The smallest absolute Gasteiger partial charge is 0.249 e. The van der Waals surface area contributed by atoms with Crippen molar-refractivity contribution >= 4 is 11.6 Å². The van der Waals surface area contributed by atoms with E-state index in [0.29, 0.717) is 23.0 Å². The molecule has 2 rings (SSSR count). The van der Waals surface area contributed by atoms with Crippen molar-refractivity contribution < 1.29 is 9.21 Å². The second kappa shape index (κ2) is 4.75. The normalized spacial score (nSPS) is 10.2. The summed E-state index contributed by atoms with van der Waals surface area (Å²) in [4.78, 5) is 11.3. The summed E-state index contributed by atoms with van der Waals surface area (Å²) in [7, 11) is 0. The molecule has 0 atom stereocenters. The molecule has 0 unspecified atom stereocenters. The molecule has 1 heterocycles. The average Bonchev–Trinajstić information content (AvgIpc) is 2.76. The van der Waals surface area contributed by atoms with Gasteiger partial charge in [-0.2, -0.15) is 0 Å². The first-order valence-corrected chi connectivity index (χ1v) is 5.10. The molecule has 6 heteroatoms. The lowest BCUT2D eigenvalue weighted by Gasteiger charge is -2.06. The highest BCUT2D eigenvalue weighted by molar-refractivity contribution is 5.95. The van der Waals surface area contributed by atoms with Gasteiger partial charge < -0.3 is 15.5 Å². The molecule has 0 radical (unpaired) electrons. The molecule has 88 valence electrons. The number of benzene rings is 1. The van der Waals surface area contributed by atoms with Crippen molar-refractivity contribution in [1.82, 2.24) is 10.2 Å². The summed E-state index contributed by atoms with van der Waals surface area (Å²) in [5.41, 5.74) is 6.53. The van der Waals surface area contributed by atoms with E-state index >= 15 is 0 Å². The van der Waals surface area contributed by atoms with E-state index in [0.717, 1.165) is 0 Å². The summed E-state index contributed by atoms with van der Waals surface area (Å²) in [5.74, 6) is 0.573. The molecule has 0 fully saturated rings. The monoisotopic (exact) mass is 232 g/mol. The Morgan fingerprint density at radius 3 is 2.82 bits per heavy atom. The van der Waals surface area contributed by atoms with Gasteiger partial charge in [-0.1, -0.05) is 12.1 Å². The zero-order chi connectivity index (χ0) is 12.3. The van der Waals surface area contributed by atoms with Crippen LogP contribution < -0.4 is 11.1 Å². The number of anilines is 1. The third-order valence-electron chi connectivity index (χ3n) is 2.14. The highest BCUT2D eigenvalue weighted by Crippen LogP contribution is 2.26. The number of para-hydroxylation sites is 1. The summed E-state index contributed by atoms with van der Waals surface area (Å²) in [6, 6.07) is 7.17. The molecule has 3 N–H and O–H groups in total. The van der Waals surface area contributed by atoms with Crippen LogP contribution in [0.2, 0.25) is 0 Å². The minimum Gasteiger partial charge on any atom is -0.421 e. The Hall–Kier alpha value is -2.21. The molecule has 1 amide bonds. The van der Waals surface area contributed by atoms with Crippen LogP contribution in [0, 0.1) is 6.92 Å². The fourth-order valence-corrected chi connectivity index (χ4v) is 1.39. The Balaban J connectivity index is 2.37. The molecule has 0 aliphatic rings. The second-order valence-electron chi connectivity index (χ2n) is 3.42. The zero-order valence-electron chi connectivity index (χ0n) is 9.30. The van der Waals surface area contributed by atoms with Crippen molar-refractivity contribution in [3.8, 4) is 11.5 Å². The summed E-state index contributed by atoms with van der Waals surface area (Å²) < 4.78 is 5.32. The molecule has 0 spiro atoms. The van der Waals surface area contributed by atoms with Crippen LogP contribution in [-0.2, 0) is 4.79 Å². The van der Waals surface area contributed by atoms with Crippen LogP contribution >= 0.6 is 0 Å². The van der Waals surface area contributed by atoms with Gasteiger partial charge in [0.2, 0.25) is 17.7 Å². The minimum absolute atomic E-state index is 0.0722. The Labute approximate surface area is 97.8 Å². The first kappa shape index (κ1) is 11.3. The molecule has 0 bridgehead atoms. The van der Waals surface area contributed by atoms with Gasteiger partial charge in [-0.15, -0.1) is 10.2 Å². The standard InChI is InChI=1S/C11H12N4O2/c1-7-14-15-11(17-7)8-4-2-3-5-9(8)13-10(16)6-12/h2-5H,6,12H2,1H3,(H,13,16). The zero-order valence-corrected chi connectivity index (χ0v) is 9.30. The lowest BCUT2D eigenvalue weighted by Crippen LogP contribution is -2.22. The third kappa shape index (κ3) is 2.48. The van der Waals surface area contributed by atoms with E-state index in [9.17, 15) is 4.79 Å². The van der Waals surface area contributed by atoms with Crippen molar-refractivity contribution in [1.29, 1.82) is 0 Å². The molecule has 17 heavy (non-hydrogen) atoms. The Kier molecular flexibility index (Phi) is 3.15.